The number of thiocarbonyl (C=S) groups is 1. The van der Waals surface area contributed by atoms with E-state index in [0.29, 0.717) is 11.2 Å². The Kier molecular flexibility index (Phi) is 4.84. The first kappa shape index (κ1) is 15.2. The number of aromatic nitrogens is 1. The smallest absolute Gasteiger partial charge is 0.171 e. The van der Waals surface area contributed by atoms with E-state index in [-0.39, 0.29) is 6.04 Å². The molecule has 1 aromatic heterocycles. The first-order valence-corrected chi connectivity index (χ1v) is 8.25. The van der Waals surface area contributed by atoms with Gasteiger partial charge in [0.05, 0.1) is 17.9 Å². The number of halogens is 1. The van der Waals surface area contributed by atoms with Crippen LogP contribution in [-0.2, 0) is 0 Å². The average molecular weight is 378 g/mol. The monoisotopic (exact) mass is 377 g/mol. The Morgan fingerprint density at radius 1 is 1.32 bits per heavy atom. The molecule has 0 saturated heterocycles. The van der Waals surface area contributed by atoms with Crippen molar-refractivity contribution >= 4 is 44.9 Å². The highest BCUT2D eigenvalue weighted by Crippen LogP contribution is 2.15. The molecule has 3 rings (SSSR count). The number of hydrogen-bond donors (Lipinski definition) is 3. The molecule has 0 aromatic carbocycles. The summed E-state index contributed by atoms with van der Waals surface area (Å²) in [5.41, 5.74) is 0. The van der Waals surface area contributed by atoms with Crippen molar-refractivity contribution in [2.45, 2.75) is 18.5 Å². The molecule has 2 atom stereocenters. The van der Waals surface area contributed by atoms with Gasteiger partial charge in [-0.25, -0.2) is 4.98 Å². The van der Waals surface area contributed by atoms with E-state index in [1.165, 1.54) is 0 Å². The number of rotatable bonds is 4. The molecule has 1 aliphatic heterocycles. The molecule has 0 bridgehead atoms. The van der Waals surface area contributed by atoms with Crippen molar-refractivity contribution < 1.29 is 0 Å². The van der Waals surface area contributed by atoms with Crippen LogP contribution in [0.3, 0.4) is 0 Å². The molecule has 5 nitrogen and oxygen atoms in total. The van der Waals surface area contributed by atoms with Crippen molar-refractivity contribution in [2.75, 3.05) is 11.9 Å². The predicted molar refractivity (Wildman–Crippen MR) is 97.2 cm³/mol. The number of pyridine rings is 1. The fraction of sp³-hybridized carbons (Fsp3) is 0.267. The lowest BCUT2D eigenvalue weighted by atomic mass is 10.1. The normalized spacial score (nSPS) is 21.8. The lowest BCUT2D eigenvalue weighted by molar-refractivity contribution is 0.692. The summed E-state index contributed by atoms with van der Waals surface area (Å²) in [6, 6.07) is 4.32. The van der Waals surface area contributed by atoms with E-state index in [1.54, 1.807) is 6.20 Å². The SMILES string of the molecule is S=C(NCCC1=NC2C=CC=CC2N1)Nc1ccc(Br)cn1. The van der Waals surface area contributed by atoms with Crippen LogP contribution in [0.5, 0.6) is 0 Å². The van der Waals surface area contributed by atoms with Gasteiger partial charge in [0.15, 0.2) is 5.11 Å². The van der Waals surface area contributed by atoms with Crippen molar-refractivity contribution in [3.63, 3.8) is 0 Å². The first-order chi connectivity index (χ1) is 10.7. The number of hydrogen-bond acceptors (Lipinski definition) is 4. The Labute approximate surface area is 143 Å². The molecule has 1 aliphatic carbocycles. The molecule has 2 heterocycles. The summed E-state index contributed by atoms with van der Waals surface area (Å²) in [4.78, 5) is 8.86. The summed E-state index contributed by atoms with van der Waals surface area (Å²) >= 11 is 8.60. The van der Waals surface area contributed by atoms with Gasteiger partial charge in [-0.15, -0.1) is 0 Å². The fourth-order valence-corrected chi connectivity index (χ4v) is 2.74. The van der Waals surface area contributed by atoms with Crippen LogP contribution < -0.4 is 16.0 Å². The van der Waals surface area contributed by atoms with Gasteiger partial charge < -0.3 is 16.0 Å². The fourth-order valence-electron chi connectivity index (χ4n) is 2.30. The van der Waals surface area contributed by atoms with Crippen LogP contribution in [0.4, 0.5) is 5.82 Å². The standard InChI is InChI=1S/C15H16BrN5S/c16-10-5-6-13(18-9-10)21-15(22)17-8-7-14-19-11-3-1-2-4-12(11)20-14/h1-6,9,11-12H,7-8H2,(H,19,20)(H2,17,18,21,22). The zero-order valence-corrected chi connectivity index (χ0v) is 14.2. The Balaban J connectivity index is 1.41. The van der Waals surface area contributed by atoms with Crippen molar-refractivity contribution in [3.05, 3.63) is 47.1 Å². The Bertz CT molecular complexity index is 638. The van der Waals surface area contributed by atoms with Gasteiger partial charge in [0.25, 0.3) is 0 Å². The van der Waals surface area contributed by atoms with Gasteiger partial charge in [-0.2, -0.15) is 0 Å². The molecule has 0 fully saturated rings. The van der Waals surface area contributed by atoms with Crippen LogP contribution in [0.2, 0.25) is 0 Å². The second kappa shape index (κ2) is 7.02. The summed E-state index contributed by atoms with van der Waals surface area (Å²) < 4.78 is 0.937. The summed E-state index contributed by atoms with van der Waals surface area (Å²) in [5.74, 6) is 1.74. The summed E-state index contributed by atoms with van der Waals surface area (Å²) in [6.45, 7) is 0.723. The second-order valence-corrected chi connectivity index (χ2v) is 6.32. The predicted octanol–water partition coefficient (Wildman–Crippen LogP) is 2.39. The van der Waals surface area contributed by atoms with Gasteiger partial charge in [0.1, 0.15) is 5.82 Å². The molecular weight excluding hydrogens is 362 g/mol. The highest BCUT2D eigenvalue weighted by molar-refractivity contribution is 9.10. The second-order valence-electron chi connectivity index (χ2n) is 5.00. The van der Waals surface area contributed by atoms with Crippen LogP contribution in [0.1, 0.15) is 6.42 Å². The maximum absolute atomic E-state index is 5.25. The highest BCUT2D eigenvalue weighted by Gasteiger charge is 2.24. The van der Waals surface area contributed by atoms with E-state index in [0.717, 1.165) is 29.1 Å². The van der Waals surface area contributed by atoms with Crippen molar-refractivity contribution in [1.82, 2.24) is 15.6 Å². The van der Waals surface area contributed by atoms with Crippen molar-refractivity contribution in [2.24, 2.45) is 4.99 Å². The van der Waals surface area contributed by atoms with Gasteiger partial charge in [-0.1, -0.05) is 24.3 Å². The average Bonchev–Trinajstić information content (AvgIpc) is 2.92. The van der Waals surface area contributed by atoms with E-state index >= 15 is 0 Å². The minimum absolute atomic E-state index is 0.233. The van der Waals surface area contributed by atoms with Crippen LogP contribution in [0.25, 0.3) is 0 Å². The molecular formula is C15H16BrN5S. The molecule has 2 aliphatic rings. The van der Waals surface area contributed by atoms with E-state index in [9.17, 15) is 0 Å². The summed E-state index contributed by atoms with van der Waals surface area (Å²) in [6.07, 6.45) is 10.9. The lowest BCUT2D eigenvalue weighted by Crippen LogP contribution is -2.35. The topological polar surface area (TPSA) is 61.3 Å². The van der Waals surface area contributed by atoms with E-state index < -0.39 is 0 Å². The number of allylic oxidation sites excluding steroid dienone is 2. The van der Waals surface area contributed by atoms with Crippen LogP contribution in [-0.4, -0.2) is 34.6 Å². The zero-order valence-electron chi connectivity index (χ0n) is 11.8. The largest absolute Gasteiger partial charge is 0.365 e. The third-order valence-corrected chi connectivity index (χ3v) is 4.08. The molecule has 3 N–H and O–H groups in total. The zero-order chi connectivity index (χ0) is 15.4. The lowest BCUT2D eigenvalue weighted by Gasteiger charge is -2.14. The Morgan fingerprint density at radius 3 is 2.95 bits per heavy atom. The summed E-state index contributed by atoms with van der Waals surface area (Å²) in [5, 5.41) is 10.2. The maximum atomic E-state index is 5.25. The van der Waals surface area contributed by atoms with Crippen LogP contribution in [0, 0.1) is 0 Å². The van der Waals surface area contributed by atoms with Gasteiger partial charge in [-0.05, 0) is 40.3 Å². The maximum Gasteiger partial charge on any atom is 0.171 e. The molecule has 22 heavy (non-hydrogen) atoms. The van der Waals surface area contributed by atoms with Gasteiger partial charge in [-0.3, -0.25) is 4.99 Å². The number of anilines is 1. The highest BCUT2D eigenvalue weighted by atomic mass is 79.9. The third kappa shape index (κ3) is 3.92. The number of fused-ring (bicyclic) bond motifs is 1. The first-order valence-electron chi connectivity index (χ1n) is 7.05. The molecule has 114 valence electrons. The minimum Gasteiger partial charge on any atom is -0.365 e. The van der Waals surface area contributed by atoms with Gasteiger partial charge in [0, 0.05) is 23.6 Å². The van der Waals surface area contributed by atoms with Crippen molar-refractivity contribution in [1.29, 1.82) is 0 Å². The number of aliphatic imine (C=N–C) groups is 1. The van der Waals surface area contributed by atoms with Gasteiger partial charge >= 0.3 is 0 Å². The molecule has 1 aromatic rings. The molecule has 0 saturated carbocycles. The Hall–Kier alpha value is -1.73. The minimum atomic E-state index is 0.233. The summed E-state index contributed by atoms with van der Waals surface area (Å²) in [7, 11) is 0. The van der Waals surface area contributed by atoms with Crippen molar-refractivity contribution in [3.8, 4) is 0 Å². The van der Waals surface area contributed by atoms with Crippen LogP contribution >= 0.6 is 28.1 Å². The number of nitrogens with one attached hydrogen (secondary N) is 3. The molecule has 2 unspecified atom stereocenters. The van der Waals surface area contributed by atoms with E-state index in [1.807, 2.05) is 18.2 Å². The number of amidine groups is 1. The molecule has 0 radical (unpaired) electrons. The molecule has 0 spiro atoms. The van der Waals surface area contributed by atoms with Gasteiger partial charge in [0.2, 0.25) is 0 Å². The number of nitrogens with zero attached hydrogens (tertiary/aromatic N) is 2. The molecule has 7 heteroatoms. The molecule has 0 amide bonds. The van der Waals surface area contributed by atoms with E-state index in [2.05, 4.69) is 60.1 Å². The quantitative estimate of drug-likeness (QED) is 0.703. The van der Waals surface area contributed by atoms with Crippen LogP contribution in [0.15, 0.2) is 52.1 Å². The Morgan fingerprint density at radius 2 is 2.18 bits per heavy atom. The third-order valence-electron chi connectivity index (χ3n) is 3.36. The van der Waals surface area contributed by atoms with E-state index in [4.69, 9.17) is 12.2 Å².